The number of tetrazole rings is 1. The summed E-state index contributed by atoms with van der Waals surface area (Å²) in [5.41, 5.74) is 2.07. The molecule has 1 aromatic carbocycles. The standard InChI is InChI=1S/C14H20FN5/c1-4-16-11(3)14-17-18-19-20(14)8-7-12-5-6-13(15)9-10(12)2/h5-6,9,11,16H,4,7-8H2,1-3H3. The zero-order valence-corrected chi connectivity index (χ0v) is 12.1. The van der Waals surface area contributed by atoms with Gasteiger partial charge in [-0.2, -0.15) is 0 Å². The highest BCUT2D eigenvalue weighted by Crippen LogP contribution is 2.13. The molecule has 108 valence electrons. The van der Waals surface area contributed by atoms with Gasteiger partial charge in [-0.15, -0.1) is 5.10 Å². The van der Waals surface area contributed by atoms with Crippen LogP contribution in [0.5, 0.6) is 0 Å². The lowest BCUT2D eigenvalue weighted by Gasteiger charge is -2.12. The van der Waals surface area contributed by atoms with Crippen LogP contribution >= 0.6 is 0 Å². The van der Waals surface area contributed by atoms with E-state index in [1.807, 2.05) is 26.8 Å². The van der Waals surface area contributed by atoms with Crippen molar-refractivity contribution in [3.05, 3.63) is 41.0 Å². The lowest BCUT2D eigenvalue weighted by molar-refractivity contribution is 0.495. The van der Waals surface area contributed by atoms with Gasteiger partial charge in [0.1, 0.15) is 5.82 Å². The fourth-order valence-electron chi connectivity index (χ4n) is 2.24. The van der Waals surface area contributed by atoms with Crippen LogP contribution in [0.2, 0.25) is 0 Å². The summed E-state index contributed by atoms with van der Waals surface area (Å²) in [6.45, 7) is 7.55. The Labute approximate surface area is 118 Å². The lowest BCUT2D eigenvalue weighted by atomic mass is 10.1. The van der Waals surface area contributed by atoms with Crippen molar-refractivity contribution in [1.82, 2.24) is 25.5 Å². The van der Waals surface area contributed by atoms with Gasteiger partial charge in [0.05, 0.1) is 6.04 Å². The third kappa shape index (κ3) is 3.39. The molecule has 6 heteroatoms. The zero-order valence-electron chi connectivity index (χ0n) is 12.1. The Kier molecular flexibility index (Phi) is 4.79. The van der Waals surface area contributed by atoms with Crippen molar-refractivity contribution in [2.24, 2.45) is 0 Å². The minimum atomic E-state index is -0.199. The van der Waals surface area contributed by atoms with Crippen LogP contribution in [0, 0.1) is 12.7 Å². The van der Waals surface area contributed by atoms with Crippen molar-refractivity contribution in [2.45, 2.75) is 39.8 Å². The van der Waals surface area contributed by atoms with Gasteiger partial charge in [0, 0.05) is 6.54 Å². The number of benzene rings is 1. The van der Waals surface area contributed by atoms with Gasteiger partial charge in [-0.25, -0.2) is 9.07 Å². The van der Waals surface area contributed by atoms with E-state index in [1.165, 1.54) is 6.07 Å². The van der Waals surface area contributed by atoms with E-state index in [-0.39, 0.29) is 11.9 Å². The SMILES string of the molecule is CCNC(C)c1nnnn1CCc1ccc(F)cc1C. The van der Waals surface area contributed by atoms with Gasteiger partial charge in [-0.3, -0.25) is 0 Å². The highest BCUT2D eigenvalue weighted by atomic mass is 19.1. The molecule has 0 fully saturated rings. The summed E-state index contributed by atoms with van der Waals surface area (Å²) in [7, 11) is 0. The topological polar surface area (TPSA) is 55.6 Å². The third-order valence-corrected chi connectivity index (χ3v) is 3.35. The number of hydrogen-bond acceptors (Lipinski definition) is 4. The van der Waals surface area contributed by atoms with Gasteiger partial charge in [-0.05, 0) is 60.5 Å². The van der Waals surface area contributed by atoms with E-state index in [1.54, 1.807) is 10.7 Å². The monoisotopic (exact) mass is 277 g/mol. The summed E-state index contributed by atoms with van der Waals surface area (Å²) in [5.74, 6) is 0.627. The number of hydrogen-bond donors (Lipinski definition) is 1. The summed E-state index contributed by atoms with van der Waals surface area (Å²) in [5, 5.41) is 15.1. The Bertz CT molecular complexity index is 566. The molecule has 5 nitrogen and oxygen atoms in total. The molecule has 2 aromatic rings. The lowest BCUT2D eigenvalue weighted by Crippen LogP contribution is -2.22. The molecule has 20 heavy (non-hydrogen) atoms. The van der Waals surface area contributed by atoms with Crippen LogP contribution in [-0.2, 0) is 13.0 Å². The molecule has 1 atom stereocenters. The first-order chi connectivity index (χ1) is 9.61. The summed E-state index contributed by atoms with van der Waals surface area (Å²) >= 11 is 0. The average molecular weight is 277 g/mol. The first-order valence-corrected chi connectivity index (χ1v) is 6.86. The van der Waals surface area contributed by atoms with E-state index in [0.29, 0.717) is 6.54 Å². The maximum atomic E-state index is 13.1. The molecular formula is C14H20FN5. The van der Waals surface area contributed by atoms with Crippen LogP contribution in [0.1, 0.15) is 36.8 Å². The van der Waals surface area contributed by atoms with Crippen LogP contribution in [0.3, 0.4) is 0 Å². The fraction of sp³-hybridized carbons (Fsp3) is 0.500. The summed E-state index contributed by atoms with van der Waals surface area (Å²) in [4.78, 5) is 0. The van der Waals surface area contributed by atoms with Gasteiger partial charge >= 0.3 is 0 Å². The zero-order chi connectivity index (χ0) is 14.5. The number of halogens is 1. The summed E-state index contributed by atoms with van der Waals surface area (Å²) in [6, 6.07) is 4.98. The first kappa shape index (κ1) is 14.6. The van der Waals surface area contributed by atoms with Crippen molar-refractivity contribution in [3.8, 4) is 0 Å². The Balaban J connectivity index is 2.06. The predicted octanol–water partition coefficient (Wildman–Crippen LogP) is 2.03. The van der Waals surface area contributed by atoms with Gasteiger partial charge < -0.3 is 5.32 Å². The molecule has 1 unspecified atom stereocenters. The minimum absolute atomic E-state index is 0.115. The van der Waals surface area contributed by atoms with Gasteiger partial charge in [0.2, 0.25) is 0 Å². The Morgan fingerprint density at radius 3 is 2.90 bits per heavy atom. The second-order valence-corrected chi connectivity index (χ2v) is 4.86. The van der Waals surface area contributed by atoms with Gasteiger partial charge in [0.15, 0.2) is 5.82 Å². The van der Waals surface area contributed by atoms with Crippen LogP contribution in [0.15, 0.2) is 18.2 Å². The van der Waals surface area contributed by atoms with E-state index in [2.05, 4.69) is 20.8 Å². The predicted molar refractivity (Wildman–Crippen MR) is 74.7 cm³/mol. The normalized spacial score (nSPS) is 12.6. The molecule has 0 radical (unpaired) electrons. The Hall–Kier alpha value is -1.82. The maximum Gasteiger partial charge on any atom is 0.167 e. The fourth-order valence-corrected chi connectivity index (χ4v) is 2.24. The number of nitrogens with one attached hydrogen (secondary N) is 1. The van der Waals surface area contributed by atoms with E-state index >= 15 is 0 Å². The van der Waals surface area contributed by atoms with Crippen molar-refractivity contribution in [3.63, 3.8) is 0 Å². The Morgan fingerprint density at radius 2 is 2.20 bits per heavy atom. The molecular weight excluding hydrogens is 257 g/mol. The van der Waals surface area contributed by atoms with E-state index in [0.717, 1.165) is 29.9 Å². The highest BCUT2D eigenvalue weighted by Gasteiger charge is 2.13. The average Bonchev–Trinajstić information content (AvgIpc) is 2.86. The molecule has 0 spiro atoms. The van der Waals surface area contributed by atoms with Crippen molar-refractivity contribution < 1.29 is 4.39 Å². The quantitative estimate of drug-likeness (QED) is 0.878. The largest absolute Gasteiger partial charge is 0.308 e. The summed E-state index contributed by atoms with van der Waals surface area (Å²) in [6.07, 6.45) is 0.781. The van der Waals surface area contributed by atoms with Gasteiger partial charge in [0.25, 0.3) is 0 Å². The molecule has 1 N–H and O–H groups in total. The molecule has 0 bridgehead atoms. The second kappa shape index (κ2) is 6.56. The number of aromatic nitrogens is 4. The highest BCUT2D eigenvalue weighted by molar-refractivity contribution is 5.26. The number of aryl methyl sites for hydroxylation is 3. The maximum absolute atomic E-state index is 13.1. The first-order valence-electron chi connectivity index (χ1n) is 6.86. The number of rotatable bonds is 6. The molecule has 1 heterocycles. The smallest absolute Gasteiger partial charge is 0.167 e. The molecule has 1 aromatic heterocycles. The summed E-state index contributed by atoms with van der Waals surface area (Å²) < 4.78 is 14.9. The Morgan fingerprint density at radius 1 is 1.40 bits per heavy atom. The van der Waals surface area contributed by atoms with E-state index < -0.39 is 0 Å². The van der Waals surface area contributed by atoms with E-state index in [9.17, 15) is 4.39 Å². The third-order valence-electron chi connectivity index (χ3n) is 3.35. The molecule has 0 saturated carbocycles. The molecule has 0 saturated heterocycles. The molecule has 0 aliphatic heterocycles. The molecule has 2 rings (SSSR count). The second-order valence-electron chi connectivity index (χ2n) is 4.86. The van der Waals surface area contributed by atoms with Crippen LogP contribution in [0.4, 0.5) is 4.39 Å². The molecule has 0 amide bonds. The van der Waals surface area contributed by atoms with E-state index in [4.69, 9.17) is 0 Å². The number of nitrogens with zero attached hydrogens (tertiary/aromatic N) is 4. The minimum Gasteiger partial charge on any atom is -0.308 e. The van der Waals surface area contributed by atoms with Crippen molar-refractivity contribution >= 4 is 0 Å². The molecule has 0 aliphatic carbocycles. The van der Waals surface area contributed by atoms with Gasteiger partial charge in [-0.1, -0.05) is 13.0 Å². The van der Waals surface area contributed by atoms with Crippen molar-refractivity contribution in [1.29, 1.82) is 0 Å². The van der Waals surface area contributed by atoms with Crippen LogP contribution < -0.4 is 5.32 Å². The van der Waals surface area contributed by atoms with Crippen LogP contribution in [-0.4, -0.2) is 26.8 Å². The molecule has 0 aliphatic rings. The van der Waals surface area contributed by atoms with Crippen LogP contribution in [0.25, 0.3) is 0 Å². The van der Waals surface area contributed by atoms with Crippen molar-refractivity contribution in [2.75, 3.05) is 6.54 Å².